The second kappa shape index (κ2) is 7.58. The molecule has 6 heteroatoms. The molecule has 1 saturated heterocycles. The van der Waals surface area contributed by atoms with Gasteiger partial charge in [-0.2, -0.15) is 0 Å². The van der Waals surface area contributed by atoms with E-state index in [1.165, 1.54) is 5.56 Å². The average Bonchev–Trinajstić information content (AvgIpc) is 2.96. The molecule has 1 amide bonds. The Hall–Kier alpha value is -2.21. The lowest BCUT2D eigenvalue weighted by molar-refractivity contribution is -0.115. The van der Waals surface area contributed by atoms with E-state index in [0.29, 0.717) is 5.02 Å². The molecule has 5 nitrogen and oxygen atoms in total. The predicted octanol–water partition coefficient (Wildman–Crippen LogP) is 3.61. The fourth-order valence-corrected chi connectivity index (χ4v) is 3.45. The fourth-order valence-electron chi connectivity index (χ4n) is 3.27. The minimum absolute atomic E-state index is 0.0741. The molecule has 1 unspecified atom stereocenters. The summed E-state index contributed by atoms with van der Waals surface area (Å²) in [7, 11) is 0. The highest BCUT2D eigenvalue weighted by Crippen LogP contribution is 2.33. The molecule has 2 aromatic rings. The lowest BCUT2D eigenvalue weighted by Crippen LogP contribution is -2.35. The van der Waals surface area contributed by atoms with E-state index >= 15 is 0 Å². The Balaban J connectivity index is 1.44. The third kappa shape index (κ3) is 3.80. The van der Waals surface area contributed by atoms with Crippen molar-refractivity contribution in [1.29, 1.82) is 0 Å². The highest BCUT2D eigenvalue weighted by molar-refractivity contribution is 6.31. The monoisotopic (exact) mass is 369 g/mol. The fraction of sp³-hybridized carbons (Fsp3) is 0.300. The van der Waals surface area contributed by atoms with E-state index < -0.39 is 5.92 Å². The van der Waals surface area contributed by atoms with Gasteiger partial charge < -0.3 is 10.1 Å². The summed E-state index contributed by atoms with van der Waals surface area (Å²) in [4.78, 5) is 19.1. The van der Waals surface area contributed by atoms with Crippen molar-refractivity contribution in [3.8, 4) is 0 Å². The van der Waals surface area contributed by atoms with Gasteiger partial charge in [-0.3, -0.25) is 14.7 Å². The van der Waals surface area contributed by atoms with Crippen LogP contribution in [0.15, 0.2) is 47.5 Å². The van der Waals surface area contributed by atoms with Crippen LogP contribution in [0.4, 0.5) is 11.4 Å². The van der Waals surface area contributed by atoms with Gasteiger partial charge in [0.2, 0.25) is 5.91 Å². The zero-order chi connectivity index (χ0) is 17.9. The molecule has 0 radical (unpaired) electrons. The largest absolute Gasteiger partial charge is 0.379 e. The van der Waals surface area contributed by atoms with Crippen molar-refractivity contribution in [2.75, 3.05) is 31.6 Å². The summed E-state index contributed by atoms with van der Waals surface area (Å²) >= 11 is 6.06. The van der Waals surface area contributed by atoms with Gasteiger partial charge in [-0.1, -0.05) is 23.7 Å². The van der Waals surface area contributed by atoms with Gasteiger partial charge in [0.15, 0.2) is 0 Å². The summed E-state index contributed by atoms with van der Waals surface area (Å²) in [5, 5.41) is 3.48. The number of fused-ring (bicyclic) bond motifs is 1. The number of anilines is 1. The smallest absolute Gasteiger partial charge is 0.237 e. The Bertz CT molecular complexity index is 829. The average molecular weight is 370 g/mol. The summed E-state index contributed by atoms with van der Waals surface area (Å²) in [5.74, 6) is -0.480. The number of rotatable bonds is 4. The van der Waals surface area contributed by atoms with Crippen LogP contribution in [-0.2, 0) is 16.1 Å². The number of amides is 1. The van der Waals surface area contributed by atoms with Crippen molar-refractivity contribution in [2.45, 2.75) is 12.5 Å². The third-order valence-electron chi connectivity index (χ3n) is 4.71. The number of ether oxygens (including phenoxy) is 1. The number of benzene rings is 2. The van der Waals surface area contributed by atoms with Crippen molar-refractivity contribution in [3.63, 3.8) is 0 Å². The molecular formula is C20H20ClN3O2. The maximum absolute atomic E-state index is 12.2. The first-order valence-electron chi connectivity index (χ1n) is 8.72. The van der Waals surface area contributed by atoms with Gasteiger partial charge >= 0.3 is 0 Å². The van der Waals surface area contributed by atoms with Gasteiger partial charge in [-0.25, -0.2) is 0 Å². The van der Waals surface area contributed by atoms with E-state index in [2.05, 4.69) is 27.3 Å². The van der Waals surface area contributed by atoms with Crippen molar-refractivity contribution in [3.05, 3.63) is 58.6 Å². The predicted molar refractivity (Wildman–Crippen MR) is 104 cm³/mol. The number of carbonyl (C=O) groups excluding carboxylic acids is 1. The molecule has 1 N–H and O–H groups in total. The van der Waals surface area contributed by atoms with Gasteiger partial charge in [0.1, 0.15) is 5.92 Å². The van der Waals surface area contributed by atoms with Gasteiger partial charge in [-0.15, -0.1) is 0 Å². The van der Waals surface area contributed by atoms with Crippen LogP contribution in [0.5, 0.6) is 0 Å². The maximum Gasteiger partial charge on any atom is 0.237 e. The standard InChI is InChI=1S/C20H20ClN3O2/c21-15-3-6-19-17(11-15)18(20(25)23-19)12-22-16-4-1-14(2-5-16)13-24-7-9-26-10-8-24/h1-6,11-12,18H,7-10,13H2,(H,23,25). The Kier molecular flexibility index (Phi) is 5.02. The first-order valence-corrected chi connectivity index (χ1v) is 9.10. The second-order valence-corrected chi connectivity index (χ2v) is 6.97. The molecule has 26 heavy (non-hydrogen) atoms. The summed E-state index contributed by atoms with van der Waals surface area (Å²) in [5.41, 5.74) is 3.76. The van der Waals surface area contributed by atoms with Gasteiger partial charge in [-0.05, 0) is 41.5 Å². The molecular weight excluding hydrogens is 350 g/mol. The Labute approximate surface area is 157 Å². The molecule has 0 bridgehead atoms. The molecule has 1 atom stereocenters. The molecule has 2 aliphatic rings. The van der Waals surface area contributed by atoms with Gasteiger partial charge in [0, 0.05) is 36.6 Å². The Morgan fingerprint density at radius 2 is 1.96 bits per heavy atom. The van der Waals surface area contributed by atoms with Crippen LogP contribution in [0.1, 0.15) is 17.0 Å². The van der Waals surface area contributed by atoms with E-state index in [9.17, 15) is 4.79 Å². The lowest BCUT2D eigenvalue weighted by Gasteiger charge is -2.26. The number of nitrogens with zero attached hydrogens (tertiary/aromatic N) is 2. The van der Waals surface area contributed by atoms with Crippen LogP contribution in [-0.4, -0.2) is 43.3 Å². The highest BCUT2D eigenvalue weighted by Gasteiger charge is 2.29. The summed E-state index contributed by atoms with van der Waals surface area (Å²) in [6.07, 6.45) is 1.69. The van der Waals surface area contributed by atoms with Crippen molar-refractivity contribution < 1.29 is 9.53 Å². The molecule has 134 valence electrons. The number of hydrogen-bond donors (Lipinski definition) is 1. The zero-order valence-corrected chi connectivity index (χ0v) is 15.1. The SMILES string of the molecule is O=C1Nc2ccc(Cl)cc2C1C=Nc1ccc(CN2CCOCC2)cc1. The molecule has 2 heterocycles. The first-order chi connectivity index (χ1) is 12.7. The summed E-state index contributed by atoms with van der Waals surface area (Å²) in [6.45, 7) is 4.47. The maximum atomic E-state index is 12.2. The van der Waals surface area contributed by atoms with Crippen LogP contribution in [0.3, 0.4) is 0 Å². The highest BCUT2D eigenvalue weighted by atomic mass is 35.5. The quantitative estimate of drug-likeness (QED) is 0.837. The molecule has 0 saturated carbocycles. The molecule has 1 fully saturated rings. The third-order valence-corrected chi connectivity index (χ3v) is 4.94. The van der Waals surface area contributed by atoms with Crippen LogP contribution < -0.4 is 5.32 Å². The lowest BCUT2D eigenvalue weighted by atomic mass is 10.0. The zero-order valence-electron chi connectivity index (χ0n) is 14.3. The molecule has 4 rings (SSSR count). The van der Waals surface area contributed by atoms with E-state index in [-0.39, 0.29) is 5.91 Å². The molecule has 0 aliphatic carbocycles. The number of halogens is 1. The van der Waals surface area contributed by atoms with Crippen LogP contribution in [0.2, 0.25) is 5.02 Å². The van der Waals surface area contributed by atoms with E-state index in [0.717, 1.165) is 49.8 Å². The topological polar surface area (TPSA) is 53.9 Å². The van der Waals surface area contributed by atoms with Crippen molar-refractivity contribution in [2.24, 2.45) is 4.99 Å². The van der Waals surface area contributed by atoms with Gasteiger partial charge in [0.25, 0.3) is 0 Å². The van der Waals surface area contributed by atoms with E-state index in [1.54, 1.807) is 12.3 Å². The second-order valence-electron chi connectivity index (χ2n) is 6.53. The number of aliphatic imine (C=N–C) groups is 1. The number of carbonyl (C=O) groups is 1. The van der Waals surface area contributed by atoms with Crippen molar-refractivity contribution in [1.82, 2.24) is 4.90 Å². The molecule has 2 aliphatic heterocycles. The Morgan fingerprint density at radius 3 is 2.73 bits per heavy atom. The molecule has 0 aromatic heterocycles. The van der Waals surface area contributed by atoms with Gasteiger partial charge in [0.05, 0.1) is 18.9 Å². The summed E-state index contributed by atoms with van der Waals surface area (Å²) < 4.78 is 5.38. The first kappa shape index (κ1) is 17.2. The van der Waals surface area contributed by atoms with E-state index in [1.807, 2.05) is 24.3 Å². The number of hydrogen-bond acceptors (Lipinski definition) is 4. The minimum Gasteiger partial charge on any atom is -0.379 e. The van der Waals surface area contributed by atoms with Crippen LogP contribution in [0.25, 0.3) is 0 Å². The van der Waals surface area contributed by atoms with Crippen LogP contribution >= 0.6 is 11.6 Å². The van der Waals surface area contributed by atoms with E-state index in [4.69, 9.17) is 16.3 Å². The minimum atomic E-state index is -0.406. The normalized spacial score (nSPS) is 20.3. The van der Waals surface area contributed by atoms with Crippen molar-refractivity contribution >= 4 is 35.1 Å². The number of nitrogens with one attached hydrogen (secondary N) is 1. The Morgan fingerprint density at radius 1 is 1.19 bits per heavy atom. The summed E-state index contributed by atoms with van der Waals surface area (Å²) in [6, 6.07) is 13.5. The number of morpholine rings is 1. The van der Waals surface area contributed by atoms with Crippen LogP contribution in [0, 0.1) is 0 Å². The molecule has 2 aromatic carbocycles. The molecule has 0 spiro atoms.